The van der Waals surface area contributed by atoms with Gasteiger partial charge in [-0.05, 0) is 136 Å². The Bertz CT molecular complexity index is 1340. The molecule has 262 valence electrons. The fourth-order valence-corrected chi connectivity index (χ4v) is 12.9. The summed E-state index contributed by atoms with van der Waals surface area (Å²) in [4.78, 5) is 19.2. The number of morpholine rings is 1. The van der Waals surface area contributed by atoms with Gasteiger partial charge in [-0.15, -0.1) is 0 Å². The van der Waals surface area contributed by atoms with Crippen molar-refractivity contribution < 1.29 is 29.2 Å². The van der Waals surface area contributed by atoms with Crippen molar-refractivity contribution in [3.8, 4) is 0 Å². The molecule has 2 saturated heterocycles. The van der Waals surface area contributed by atoms with Crippen molar-refractivity contribution in [2.45, 2.75) is 135 Å². The summed E-state index contributed by atoms with van der Waals surface area (Å²) in [7, 11) is 0. The molecule has 1 amide bonds. The number of fused-ring (bicyclic) bond motifs is 4. The van der Waals surface area contributed by atoms with E-state index in [4.69, 9.17) is 14.2 Å². The van der Waals surface area contributed by atoms with Crippen molar-refractivity contribution in [2.75, 3.05) is 19.7 Å². The van der Waals surface area contributed by atoms with Gasteiger partial charge in [-0.2, -0.15) is 13.5 Å². The number of aliphatic hydroxyl groups is 2. The lowest BCUT2D eigenvalue weighted by atomic mass is 9.46. The smallest absolute Gasteiger partial charge is 0.272 e. The Kier molecular flexibility index (Phi) is 8.49. The largest absolute Gasteiger partial charge is 0.388 e. The zero-order valence-electron chi connectivity index (χ0n) is 29.1. The first kappa shape index (κ1) is 34.2. The number of hydrogen-bond acceptors (Lipinski definition) is 7. The van der Waals surface area contributed by atoms with E-state index in [2.05, 4.69) is 25.8 Å². The lowest BCUT2D eigenvalue weighted by Gasteiger charge is -2.60. The van der Waals surface area contributed by atoms with Gasteiger partial charge in [0, 0.05) is 12.7 Å². The van der Waals surface area contributed by atoms with Crippen LogP contribution in [-0.4, -0.2) is 82.0 Å². The molecule has 1 aromatic rings. The highest BCUT2D eigenvalue weighted by molar-refractivity contribution is 7.59. The molecule has 2 spiro atoms. The first-order valence-corrected chi connectivity index (χ1v) is 18.3. The SMILES string of the molecule is CC12CC[C@@]34CC35CC[C@H](OC3CN(C(=O)c6ccccn6)CCO3)C(C)(C)C5CCC4C1CC1OC([C@H](O)C(C)(C)O)CCC12.S. The first-order valence-electron chi connectivity index (χ1n) is 18.3. The van der Waals surface area contributed by atoms with E-state index in [0.29, 0.717) is 59.4 Å². The monoisotopic (exact) mass is 670 g/mol. The molecule has 2 aliphatic heterocycles. The van der Waals surface area contributed by atoms with Gasteiger partial charge in [0.15, 0.2) is 6.29 Å². The van der Waals surface area contributed by atoms with E-state index >= 15 is 0 Å². The lowest BCUT2D eigenvalue weighted by Crippen LogP contribution is -2.56. The van der Waals surface area contributed by atoms with E-state index in [9.17, 15) is 15.0 Å². The molecule has 0 bridgehead atoms. The number of rotatable bonds is 5. The predicted octanol–water partition coefficient (Wildman–Crippen LogP) is 5.72. The number of carbonyl (C=O) groups excluding carboxylic acids is 1. The molecule has 7 aliphatic rings. The summed E-state index contributed by atoms with van der Waals surface area (Å²) in [5.74, 6) is 2.59. The zero-order chi connectivity index (χ0) is 32.3. The van der Waals surface area contributed by atoms with Gasteiger partial charge in [0.2, 0.25) is 0 Å². The van der Waals surface area contributed by atoms with E-state index < -0.39 is 18.0 Å². The number of hydrogen-bond donors (Lipinski definition) is 2. The van der Waals surface area contributed by atoms with Crippen LogP contribution in [-0.2, 0) is 14.2 Å². The van der Waals surface area contributed by atoms with Gasteiger partial charge in [0.05, 0.1) is 37.1 Å². The fraction of sp³-hybridized carbons (Fsp3) is 0.842. The summed E-state index contributed by atoms with van der Waals surface area (Å²) in [6, 6.07) is 5.47. The van der Waals surface area contributed by atoms with Crippen molar-refractivity contribution in [3.63, 3.8) is 0 Å². The van der Waals surface area contributed by atoms with Crippen molar-refractivity contribution in [2.24, 2.45) is 45.3 Å². The van der Waals surface area contributed by atoms with Gasteiger partial charge in [-0.1, -0.05) is 26.8 Å². The molecule has 2 N–H and O–H groups in total. The quantitative estimate of drug-likeness (QED) is 0.414. The maximum Gasteiger partial charge on any atom is 0.272 e. The number of ether oxygens (including phenoxy) is 3. The second-order valence-electron chi connectivity index (χ2n) is 17.8. The molecule has 8 nitrogen and oxygen atoms in total. The number of pyridine rings is 1. The number of aliphatic hydroxyl groups excluding tert-OH is 1. The molecule has 1 aromatic heterocycles. The van der Waals surface area contributed by atoms with Crippen molar-refractivity contribution in [3.05, 3.63) is 30.1 Å². The van der Waals surface area contributed by atoms with Gasteiger partial charge < -0.3 is 29.3 Å². The molecule has 8 rings (SSSR count). The fourth-order valence-electron chi connectivity index (χ4n) is 12.9. The summed E-state index contributed by atoms with van der Waals surface area (Å²) in [5.41, 5.74) is 0.552. The van der Waals surface area contributed by atoms with Crippen LogP contribution in [0.25, 0.3) is 0 Å². The van der Waals surface area contributed by atoms with Crippen LogP contribution in [0.4, 0.5) is 0 Å². The highest BCUT2D eigenvalue weighted by Gasteiger charge is 2.80. The van der Waals surface area contributed by atoms with Crippen LogP contribution in [0.2, 0.25) is 0 Å². The Morgan fingerprint density at radius 3 is 2.57 bits per heavy atom. The Morgan fingerprint density at radius 2 is 1.83 bits per heavy atom. The van der Waals surface area contributed by atoms with E-state index in [1.54, 1.807) is 26.1 Å². The topological polar surface area (TPSA) is 101 Å². The number of aromatic nitrogens is 1. The molecular weight excluding hydrogens is 612 g/mol. The second kappa shape index (κ2) is 11.7. The normalized spacial score (nSPS) is 45.6. The van der Waals surface area contributed by atoms with Crippen molar-refractivity contribution in [1.29, 1.82) is 0 Å². The third-order valence-electron chi connectivity index (χ3n) is 15.2. The minimum Gasteiger partial charge on any atom is -0.388 e. The maximum atomic E-state index is 13.1. The van der Waals surface area contributed by atoms with Crippen LogP contribution in [0, 0.1) is 45.3 Å². The average molecular weight is 671 g/mol. The molecule has 47 heavy (non-hydrogen) atoms. The molecule has 7 fully saturated rings. The maximum absolute atomic E-state index is 13.1. The van der Waals surface area contributed by atoms with Crippen LogP contribution >= 0.6 is 13.5 Å². The average Bonchev–Trinajstić information content (AvgIpc) is 3.61. The second-order valence-corrected chi connectivity index (χ2v) is 17.8. The molecule has 3 heterocycles. The molecule has 9 unspecified atom stereocenters. The van der Waals surface area contributed by atoms with Crippen LogP contribution in [0.15, 0.2) is 24.4 Å². The Morgan fingerprint density at radius 1 is 1.04 bits per heavy atom. The van der Waals surface area contributed by atoms with Crippen LogP contribution < -0.4 is 0 Å². The lowest BCUT2D eigenvalue weighted by molar-refractivity contribution is -0.241. The Hall–Kier alpha value is -1.23. The van der Waals surface area contributed by atoms with Crippen LogP contribution in [0.3, 0.4) is 0 Å². The van der Waals surface area contributed by atoms with Gasteiger partial charge in [-0.25, -0.2) is 0 Å². The van der Waals surface area contributed by atoms with E-state index in [-0.39, 0.29) is 43.1 Å². The Balaban J connectivity index is 0.00000351. The standard InChI is InChI=1S/C38H56N2O6.H2S/c1-34(2)29-12-10-23-25-20-28-24(9-11-27(45-28)32(41)35(3,4)43)36(25,5)15-16-37(23)22-38(29,37)14-13-30(34)46-31-21-40(18-19-44-31)33(42)26-8-6-7-17-39-26;/h6-8,17,23-25,27-32,41,43H,9-16,18-22H2,1-5H3;1H2/t23?,24?,25?,27?,28?,29?,30-,31?,32-,36?,37-,38?;/m0./s1. The first-order chi connectivity index (χ1) is 21.8. The molecule has 5 saturated carbocycles. The molecule has 0 aromatic carbocycles. The number of amides is 1. The molecule has 5 aliphatic carbocycles. The zero-order valence-corrected chi connectivity index (χ0v) is 30.1. The van der Waals surface area contributed by atoms with E-state index in [1.807, 2.05) is 17.0 Å². The van der Waals surface area contributed by atoms with Gasteiger partial charge >= 0.3 is 0 Å². The predicted molar refractivity (Wildman–Crippen MR) is 183 cm³/mol. The highest BCUT2D eigenvalue weighted by atomic mass is 32.1. The molecule has 0 radical (unpaired) electrons. The summed E-state index contributed by atoms with van der Waals surface area (Å²) in [6.45, 7) is 12.4. The van der Waals surface area contributed by atoms with E-state index in [0.717, 1.165) is 31.6 Å². The number of nitrogens with zero attached hydrogens (tertiary/aromatic N) is 2. The highest BCUT2D eigenvalue weighted by Crippen LogP contribution is 2.87. The van der Waals surface area contributed by atoms with Crippen LogP contribution in [0.5, 0.6) is 0 Å². The molecule has 12 atom stereocenters. The van der Waals surface area contributed by atoms with Crippen molar-refractivity contribution >= 4 is 19.4 Å². The third-order valence-corrected chi connectivity index (χ3v) is 15.2. The van der Waals surface area contributed by atoms with Gasteiger partial charge in [-0.3, -0.25) is 9.78 Å². The van der Waals surface area contributed by atoms with Gasteiger partial charge in [0.1, 0.15) is 11.8 Å². The van der Waals surface area contributed by atoms with Crippen LogP contribution in [0.1, 0.15) is 109 Å². The minimum atomic E-state index is -1.15. The summed E-state index contributed by atoms with van der Waals surface area (Å²) < 4.78 is 19.6. The van der Waals surface area contributed by atoms with E-state index in [1.165, 1.54) is 38.5 Å². The van der Waals surface area contributed by atoms with Crippen molar-refractivity contribution in [1.82, 2.24) is 9.88 Å². The Labute approximate surface area is 288 Å². The summed E-state index contributed by atoms with van der Waals surface area (Å²) in [5, 5.41) is 21.4. The van der Waals surface area contributed by atoms with Gasteiger partial charge in [0.25, 0.3) is 5.91 Å². The molecule has 9 heteroatoms. The summed E-state index contributed by atoms with van der Waals surface area (Å²) in [6.07, 6.45) is 12.4. The minimum absolute atomic E-state index is 0. The molecular formula is C38H58N2O6S. The third kappa shape index (κ3) is 5.10. The summed E-state index contributed by atoms with van der Waals surface area (Å²) >= 11 is 0. The number of carbonyl (C=O) groups is 1.